The van der Waals surface area contributed by atoms with Crippen molar-refractivity contribution in [3.8, 4) is 0 Å². The number of thiazole rings is 1. The molecule has 1 N–H and O–H groups in total. The number of likely N-dealkylation sites (tertiary alicyclic amines) is 1. The molecule has 1 aliphatic heterocycles. The number of amides is 1. The molecule has 0 spiro atoms. The maximum atomic E-state index is 13.0. The molecule has 0 radical (unpaired) electrons. The van der Waals surface area contributed by atoms with E-state index in [0.717, 1.165) is 54.6 Å². The van der Waals surface area contributed by atoms with Crippen LogP contribution in [0.4, 0.5) is 11.4 Å². The molecule has 0 saturated carbocycles. The first-order valence-corrected chi connectivity index (χ1v) is 10.9. The van der Waals surface area contributed by atoms with Crippen molar-refractivity contribution in [1.29, 1.82) is 0 Å². The summed E-state index contributed by atoms with van der Waals surface area (Å²) in [5, 5.41) is 5.12. The zero-order chi connectivity index (χ0) is 20.1. The van der Waals surface area contributed by atoms with Gasteiger partial charge in [-0.15, -0.1) is 11.3 Å². The van der Waals surface area contributed by atoms with E-state index in [9.17, 15) is 4.79 Å². The lowest BCUT2D eigenvalue weighted by Crippen LogP contribution is -2.45. The van der Waals surface area contributed by atoms with Crippen molar-refractivity contribution >= 4 is 28.6 Å². The summed E-state index contributed by atoms with van der Waals surface area (Å²) in [6.45, 7) is 4.76. The summed E-state index contributed by atoms with van der Waals surface area (Å²) in [4.78, 5) is 20.0. The number of carbonyl (C=O) groups is 1. The fraction of sp³-hybridized carbons (Fsp3) is 0.304. The van der Waals surface area contributed by atoms with Crippen LogP contribution in [0.5, 0.6) is 0 Å². The van der Waals surface area contributed by atoms with Crippen molar-refractivity contribution in [3.05, 3.63) is 76.7 Å². The van der Waals surface area contributed by atoms with Crippen molar-refractivity contribution in [2.24, 2.45) is 5.92 Å². The lowest BCUT2D eigenvalue weighted by molar-refractivity contribution is -0.126. The van der Waals surface area contributed by atoms with Crippen LogP contribution in [0.25, 0.3) is 0 Å². The van der Waals surface area contributed by atoms with Crippen molar-refractivity contribution in [2.45, 2.75) is 26.3 Å². The van der Waals surface area contributed by atoms with Gasteiger partial charge in [0.05, 0.1) is 22.1 Å². The van der Waals surface area contributed by atoms with Gasteiger partial charge in [0.15, 0.2) is 0 Å². The maximum absolute atomic E-state index is 13.0. The van der Waals surface area contributed by atoms with Crippen LogP contribution in [0.2, 0.25) is 0 Å². The summed E-state index contributed by atoms with van der Waals surface area (Å²) in [5.74, 6) is 0.111. The summed E-state index contributed by atoms with van der Waals surface area (Å²) >= 11 is 1.69. The highest BCUT2D eigenvalue weighted by molar-refractivity contribution is 7.09. The van der Waals surface area contributed by atoms with E-state index < -0.39 is 0 Å². The van der Waals surface area contributed by atoms with E-state index in [-0.39, 0.29) is 11.8 Å². The van der Waals surface area contributed by atoms with E-state index in [0.29, 0.717) is 0 Å². The van der Waals surface area contributed by atoms with Gasteiger partial charge in [-0.1, -0.05) is 36.4 Å². The van der Waals surface area contributed by atoms with Gasteiger partial charge in [-0.2, -0.15) is 0 Å². The molecule has 29 heavy (non-hydrogen) atoms. The van der Waals surface area contributed by atoms with Crippen LogP contribution in [0.15, 0.2) is 66.0 Å². The number of aryl methyl sites for hydroxylation is 1. The maximum Gasteiger partial charge on any atom is 0.242 e. The number of rotatable bonds is 6. The Morgan fingerprint density at radius 1 is 1.07 bits per heavy atom. The molecule has 0 aliphatic carbocycles. The molecule has 0 atom stereocenters. The molecule has 0 bridgehead atoms. The topological polar surface area (TPSA) is 48.5 Å². The number of benzene rings is 2. The Morgan fingerprint density at radius 3 is 2.17 bits per heavy atom. The van der Waals surface area contributed by atoms with E-state index in [4.69, 9.17) is 0 Å². The molecule has 0 unspecified atom stereocenters. The number of nitrogens with zero attached hydrogens (tertiary/aromatic N) is 3. The van der Waals surface area contributed by atoms with Gasteiger partial charge in [-0.25, -0.2) is 4.98 Å². The SMILES string of the molecule is Cc1nc(CN2CCC(C(=O)NN(c3ccccc3)c3ccccc3)CC2)cs1. The minimum atomic E-state index is 0.0262. The summed E-state index contributed by atoms with van der Waals surface area (Å²) in [6.07, 6.45) is 1.73. The third-order valence-electron chi connectivity index (χ3n) is 5.26. The molecule has 6 heteroatoms. The molecule has 2 heterocycles. The molecule has 1 amide bonds. The molecule has 4 rings (SSSR count). The first kappa shape index (κ1) is 19.6. The molecule has 5 nitrogen and oxygen atoms in total. The second-order valence-electron chi connectivity index (χ2n) is 7.39. The molecule has 1 aromatic heterocycles. The van der Waals surface area contributed by atoms with E-state index in [1.165, 1.54) is 0 Å². The minimum Gasteiger partial charge on any atom is -0.297 e. The molecular weight excluding hydrogens is 380 g/mol. The fourth-order valence-corrected chi connectivity index (χ4v) is 4.30. The normalized spacial score (nSPS) is 15.2. The third-order valence-corrected chi connectivity index (χ3v) is 6.08. The molecule has 1 aliphatic rings. The fourth-order valence-electron chi connectivity index (χ4n) is 3.70. The summed E-state index contributed by atoms with van der Waals surface area (Å²) in [5.41, 5.74) is 6.18. The molecule has 150 valence electrons. The number of anilines is 2. The summed E-state index contributed by atoms with van der Waals surface area (Å²) < 4.78 is 0. The quantitative estimate of drug-likeness (QED) is 0.611. The largest absolute Gasteiger partial charge is 0.297 e. The second kappa shape index (κ2) is 9.20. The molecule has 1 saturated heterocycles. The zero-order valence-corrected chi connectivity index (χ0v) is 17.4. The Morgan fingerprint density at radius 2 is 1.66 bits per heavy atom. The first-order valence-electron chi connectivity index (χ1n) is 10.0. The molecule has 3 aromatic rings. The number of piperidine rings is 1. The number of hydrogen-bond donors (Lipinski definition) is 1. The average Bonchev–Trinajstić information content (AvgIpc) is 3.18. The van der Waals surface area contributed by atoms with Crippen LogP contribution in [0.3, 0.4) is 0 Å². The number of hydrazine groups is 1. The third kappa shape index (κ3) is 5.02. The van der Waals surface area contributed by atoms with Crippen molar-refractivity contribution < 1.29 is 4.79 Å². The van der Waals surface area contributed by atoms with Crippen molar-refractivity contribution in [1.82, 2.24) is 15.3 Å². The molecule has 1 fully saturated rings. The summed E-state index contributed by atoms with van der Waals surface area (Å²) in [6, 6.07) is 19.9. The van der Waals surface area contributed by atoms with E-state index in [1.54, 1.807) is 11.3 Å². The van der Waals surface area contributed by atoms with Gasteiger partial charge in [0.25, 0.3) is 0 Å². The van der Waals surface area contributed by atoms with Gasteiger partial charge in [-0.3, -0.25) is 20.1 Å². The average molecular weight is 407 g/mol. The predicted molar refractivity (Wildman–Crippen MR) is 118 cm³/mol. The Labute approximate surface area is 176 Å². The molecular formula is C23H26N4OS. The minimum absolute atomic E-state index is 0.0262. The number of aromatic nitrogens is 1. The smallest absolute Gasteiger partial charge is 0.242 e. The molecule has 2 aromatic carbocycles. The van der Waals surface area contributed by atoms with E-state index in [2.05, 4.69) is 20.7 Å². The van der Waals surface area contributed by atoms with Crippen molar-refractivity contribution in [2.75, 3.05) is 18.1 Å². The number of para-hydroxylation sites is 2. The van der Waals surface area contributed by atoms with Crippen LogP contribution >= 0.6 is 11.3 Å². The van der Waals surface area contributed by atoms with Gasteiger partial charge in [0.2, 0.25) is 5.91 Å². The first-order chi connectivity index (χ1) is 14.2. The lowest BCUT2D eigenvalue weighted by atomic mass is 9.96. The van der Waals surface area contributed by atoms with Gasteiger partial charge in [0.1, 0.15) is 0 Å². The highest BCUT2D eigenvalue weighted by atomic mass is 32.1. The van der Waals surface area contributed by atoms with E-state index >= 15 is 0 Å². The van der Waals surface area contributed by atoms with Gasteiger partial charge in [0, 0.05) is 17.8 Å². The van der Waals surface area contributed by atoms with E-state index in [1.807, 2.05) is 72.6 Å². The Kier molecular flexibility index (Phi) is 6.22. The van der Waals surface area contributed by atoms with Crippen LogP contribution in [0.1, 0.15) is 23.5 Å². The predicted octanol–water partition coefficient (Wildman–Crippen LogP) is 4.53. The van der Waals surface area contributed by atoms with Gasteiger partial charge < -0.3 is 0 Å². The van der Waals surface area contributed by atoms with Crippen LogP contribution < -0.4 is 10.4 Å². The number of hydrogen-bond acceptors (Lipinski definition) is 5. The van der Waals surface area contributed by atoms with Crippen molar-refractivity contribution in [3.63, 3.8) is 0 Å². The van der Waals surface area contributed by atoms with Crippen LogP contribution in [-0.2, 0) is 11.3 Å². The van der Waals surface area contributed by atoms with Gasteiger partial charge >= 0.3 is 0 Å². The number of carbonyl (C=O) groups excluding carboxylic acids is 1. The monoisotopic (exact) mass is 406 g/mol. The highest BCUT2D eigenvalue weighted by Gasteiger charge is 2.27. The van der Waals surface area contributed by atoms with Gasteiger partial charge in [-0.05, 0) is 57.1 Å². The standard InChI is InChI=1S/C23H26N4OS/c1-18-24-20(17-29-18)16-26-14-12-19(13-15-26)23(28)25-27(21-8-4-2-5-9-21)22-10-6-3-7-11-22/h2-11,17,19H,12-16H2,1H3,(H,25,28). The Balaban J connectivity index is 1.38. The summed E-state index contributed by atoms with van der Waals surface area (Å²) in [7, 11) is 0. The lowest BCUT2D eigenvalue weighted by Gasteiger charge is -2.33. The van der Waals surface area contributed by atoms with Crippen LogP contribution in [0, 0.1) is 12.8 Å². The highest BCUT2D eigenvalue weighted by Crippen LogP contribution is 2.25. The zero-order valence-electron chi connectivity index (χ0n) is 16.6. The Bertz CT molecular complexity index is 881. The Hall–Kier alpha value is -2.70. The second-order valence-corrected chi connectivity index (χ2v) is 8.45. The van der Waals surface area contributed by atoms with Crippen LogP contribution in [-0.4, -0.2) is 28.9 Å². The number of nitrogens with one attached hydrogen (secondary N) is 1.